The van der Waals surface area contributed by atoms with Crippen LogP contribution in [0.15, 0.2) is 81.8 Å². The van der Waals surface area contributed by atoms with Crippen LogP contribution in [0.4, 0.5) is 5.69 Å². The van der Waals surface area contributed by atoms with Gasteiger partial charge in [0.15, 0.2) is 0 Å². The maximum Gasteiger partial charge on any atom is 0.331 e. The topological polar surface area (TPSA) is 118 Å². The number of aliphatic imine (C=N–C) groups is 1. The van der Waals surface area contributed by atoms with E-state index >= 15 is 0 Å². The zero-order valence-electron chi connectivity index (χ0n) is 15.8. The van der Waals surface area contributed by atoms with E-state index in [1.807, 2.05) is 42.5 Å². The van der Waals surface area contributed by atoms with Gasteiger partial charge in [0, 0.05) is 6.21 Å². The number of benzene rings is 2. The number of hydrogen-bond donors (Lipinski definition) is 2. The Morgan fingerprint density at radius 1 is 1.00 bits per heavy atom. The predicted molar refractivity (Wildman–Crippen MR) is 111 cm³/mol. The lowest BCUT2D eigenvalue weighted by molar-refractivity contribution is 0.408. The van der Waals surface area contributed by atoms with Gasteiger partial charge in [-0.1, -0.05) is 42.5 Å². The van der Waals surface area contributed by atoms with Crippen molar-refractivity contribution in [3.63, 3.8) is 0 Å². The molecular formula is C21H18N6O3. The van der Waals surface area contributed by atoms with Crippen LogP contribution >= 0.6 is 0 Å². The van der Waals surface area contributed by atoms with E-state index < -0.39 is 17.1 Å². The normalized spacial score (nSPS) is 11.2. The van der Waals surface area contributed by atoms with Crippen molar-refractivity contribution in [1.82, 2.24) is 24.3 Å². The van der Waals surface area contributed by atoms with E-state index in [-0.39, 0.29) is 12.1 Å². The number of nitrogens with one attached hydrogen (secondary N) is 1. The molecule has 0 saturated heterocycles. The summed E-state index contributed by atoms with van der Waals surface area (Å²) >= 11 is 0. The molecule has 0 saturated carbocycles. The van der Waals surface area contributed by atoms with E-state index in [9.17, 15) is 14.7 Å². The first-order valence-corrected chi connectivity index (χ1v) is 9.15. The highest BCUT2D eigenvalue weighted by molar-refractivity contribution is 5.84. The van der Waals surface area contributed by atoms with Gasteiger partial charge in [-0.15, -0.1) is 0 Å². The highest BCUT2D eigenvalue weighted by Crippen LogP contribution is 2.16. The first kappa shape index (κ1) is 19.1. The third-order valence-electron chi connectivity index (χ3n) is 4.48. The Morgan fingerprint density at radius 2 is 1.73 bits per heavy atom. The van der Waals surface area contributed by atoms with Gasteiger partial charge < -0.3 is 5.11 Å². The monoisotopic (exact) mass is 402 g/mol. The lowest BCUT2D eigenvalue weighted by atomic mass is 10.2. The van der Waals surface area contributed by atoms with Crippen LogP contribution in [0.5, 0.6) is 5.88 Å². The van der Waals surface area contributed by atoms with Crippen molar-refractivity contribution in [3.8, 4) is 5.88 Å². The van der Waals surface area contributed by atoms with Crippen molar-refractivity contribution in [2.45, 2.75) is 13.1 Å². The second kappa shape index (κ2) is 8.39. The van der Waals surface area contributed by atoms with Crippen LogP contribution in [0.1, 0.15) is 16.7 Å². The minimum Gasteiger partial charge on any atom is -0.494 e. The summed E-state index contributed by atoms with van der Waals surface area (Å²) < 4.78 is 2.80. The zero-order valence-corrected chi connectivity index (χ0v) is 15.8. The molecule has 150 valence electrons. The molecule has 2 aromatic heterocycles. The molecule has 2 N–H and O–H groups in total. The van der Waals surface area contributed by atoms with Gasteiger partial charge in [0.2, 0.25) is 5.88 Å². The van der Waals surface area contributed by atoms with Gasteiger partial charge in [-0.2, -0.15) is 5.10 Å². The van der Waals surface area contributed by atoms with E-state index in [0.29, 0.717) is 12.2 Å². The molecule has 0 fully saturated rings. The summed E-state index contributed by atoms with van der Waals surface area (Å²) in [6.07, 6.45) is 4.35. The van der Waals surface area contributed by atoms with Crippen LogP contribution in [-0.4, -0.2) is 35.6 Å². The third-order valence-corrected chi connectivity index (χ3v) is 4.48. The molecule has 0 amide bonds. The summed E-state index contributed by atoms with van der Waals surface area (Å²) in [5.74, 6) is -0.431. The SMILES string of the molecule is O=c1[nH]c(=O)n(Cc2ccccc2)c(O)c1C=Nc1ccc(Cn2cncn2)cc1. The van der Waals surface area contributed by atoms with Crippen LogP contribution in [0.25, 0.3) is 0 Å². The van der Waals surface area contributed by atoms with Gasteiger partial charge in [-0.3, -0.25) is 19.3 Å². The maximum absolute atomic E-state index is 12.2. The van der Waals surface area contributed by atoms with Crippen molar-refractivity contribution in [1.29, 1.82) is 0 Å². The molecule has 2 aromatic carbocycles. The summed E-state index contributed by atoms with van der Waals surface area (Å²) in [5.41, 5.74) is 0.947. The van der Waals surface area contributed by atoms with Gasteiger partial charge in [-0.05, 0) is 23.3 Å². The Bertz CT molecular complexity index is 1270. The molecule has 30 heavy (non-hydrogen) atoms. The van der Waals surface area contributed by atoms with Crippen LogP contribution in [0, 0.1) is 0 Å². The highest BCUT2D eigenvalue weighted by Gasteiger charge is 2.13. The number of hydrogen-bond acceptors (Lipinski definition) is 6. The lowest BCUT2D eigenvalue weighted by Gasteiger charge is -2.09. The average molecular weight is 402 g/mol. The van der Waals surface area contributed by atoms with Crippen molar-refractivity contribution in [2.75, 3.05) is 0 Å². The highest BCUT2D eigenvalue weighted by atomic mass is 16.3. The standard InChI is InChI=1S/C21H18N6O3/c28-19-18(20(29)27(21(30)25-19)12-15-4-2-1-3-5-15)10-23-17-8-6-16(7-9-17)11-26-14-22-13-24-26/h1-10,13-14,29H,11-12H2,(H,25,28,30). The number of nitrogens with zero attached hydrogens (tertiary/aromatic N) is 5. The first-order chi connectivity index (χ1) is 14.6. The summed E-state index contributed by atoms with van der Waals surface area (Å²) in [7, 11) is 0. The minimum absolute atomic E-state index is 0.0859. The summed E-state index contributed by atoms with van der Waals surface area (Å²) in [6.45, 7) is 0.703. The molecule has 0 bridgehead atoms. The quantitative estimate of drug-likeness (QED) is 0.476. The average Bonchev–Trinajstić information content (AvgIpc) is 3.26. The molecule has 0 aliphatic heterocycles. The van der Waals surface area contributed by atoms with Crippen LogP contribution in [0.2, 0.25) is 0 Å². The Morgan fingerprint density at radius 3 is 2.43 bits per heavy atom. The minimum atomic E-state index is -0.701. The smallest absolute Gasteiger partial charge is 0.331 e. The van der Waals surface area contributed by atoms with Crippen LogP contribution in [0.3, 0.4) is 0 Å². The Labute approximate surface area is 170 Å². The molecule has 0 atom stereocenters. The summed E-state index contributed by atoms with van der Waals surface area (Å²) in [6, 6.07) is 16.5. The lowest BCUT2D eigenvalue weighted by Crippen LogP contribution is -2.32. The molecule has 4 rings (SSSR count). The van der Waals surface area contributed by atoms with Crippen molar-refractivity contribution in [2.24, 2.45) is 4.99 Å². The number of aromatic nitrogens is 5. The fraction of sp³-hybridized carbons (Fsp3) is 0.0952. The Kier molecular flexibility index (Phi) is 5.33. The molecule has 9 heteroatoms. The van der Waals surface area contributed by atoms with Gasteiger partial charge in [0.25, 0.3) is 5.56 Å². The zero-order chi connectivity index (χ0) is 20.9. The fourth-order valence-electron chi connectivity index (χ4n) is 2.93. The van der Waals surface area contributed by atoms with E-state index in [4.69, 9.17) is 0 Å². The van der Waals surface area contributed by atoms with E-state index in [1.54, 1.807) is 23.1 Å². The Balaban J connectivity index is 1.58. The van der Waals surface area contributed by atoms with Crippen molar-refractivity contribution < 1.29 is 5.11 Å². The molecule has 4 aromatic rings. The van der Waals surface area contributed by atoms with Gasteiger partial charge in [-0.25, -0.2) is 14.5 Å². The molecule has 0 aliphatic rings. The molecular weight excluding hydrogens is 384 g/mol. The molecule has 0 spiro atoms. The number of aromatic amines is 1. The van der Waals surface area contributed by atoms with E-state index in [1.165, 1.54) is 12.5 Å². The van der Waals surface area contributed by atoms with Crippen LogP contribution < -0.4 is 11.2 Å². The molecule has 9 nitrogen and oxygen atoms in total. The third kappa shape index (κ3) is 4.25. The van der Waals surface area contributed by atoms with E-state index in [0.717, 1.165) is 15.7 Å². The molecule has 0 radical (unpaired) electrons. The molecule has 2 heterocycles. The first-order valence-electron chi connectivity index (χ1n) is 9.15. The molecule has 0 unspecified atom stereocenters. The predicted octanol–water partition coefficient (Wildman–Crippen LogP) is 1.68. The summed E-state index contributed by atoms with van der Waals surface area (Å²) in [5, 5.41) is 14.6. The molecule has 0 aliphatic carbocycles. The number of H-pyrrole nitrogens is 1. The largest absolute Gasteiger partial charge is 0.494 e. The van der Waals surface area contributed by atoms with Crippen LogP contribution in [-0.2, 0) is 13.1 Å². The second-order valence-corrected chi connectivity index (χ2v) is 6.59. The van der Waals surface area contributed by atoms with Gasteiger partial charge >= 0.3 is 5.69 Å². The Hall–Kier alpha value is -4.27. The van der Waals surface area contributed by atoms with Crippen molar-refractivity contribution >= 4 is 11.9 Å². The number of rotatable bonds is 6. The number of aromatic hydroxyl groups is 1. The van der Waals surface area contributed by atoms with Gasteiger partial charge in [0.05, 0.1) is 18.8 Å². The van der Waals surface area contributed by atoms with E-state index in [2.05, 4.69) is 20.1 Å². The summed E-state index contributed by atoms with van der Waals surface area (Å²) in [4.78, 5) is 34.7. The van der Waals surface area contributed by atoms with Gasteiger partial charge in [0.1, 0.15) is 18.2 Å². The maximum atomic E-state index is 12.2. The fourth-order valence-corrected chi connectivity index (χ4v) is 2.93. The van der Waals surface area contributed by atoms with Crippen molar-refractivity contribution in [3.05, 3.63) is 105 Å². The second-order valence-electron chi connectivity index (χ2n) is 6.59.